The van der Waals surface area contributed by atoms with E-state index in [0.717, 1.165) is 37.4 Å². The summed E-state index contributed by atoms with van der Waals surface area (Å²) >= 11 is 0. The van der Waals surface area contributed by atoms with Crippen molar-refractivity contribution in [1.29, 1.82) is 0 Å². The minimum atomic E-state index is -0.240. The number of nitrogens with zero attached hydrogens (tertiary/aromatic N) is 5. The Morgan fingerprint density at radius 1 is 1.17 bits per heavy atom. The SMILES string of the molecule is Cc1ccc(-n2cc3c(N4CCNCC4)ncnc3n2)cc1F. The van der Waals surface area contributed by atoms with Crippen molar-refractivity contribution < 1.29 is 4.39 Å². The molecule has 118 valence electrons. The monoisotopic (exact) mass is 312 g/mol. The molecular weight excluding hydrogens is 295 g/mol. The maximum atomic E-state index is 13.8. The van der Waals surface area contributed by atoms with E-state index in [9.17, 15) is 4.39 Å². The molecule has 0 aliphatic carbocycles. The molecule has 0 amide bonds. The maximum absolute atomic E-state index is 13.8. The quantitative estimate of drug-likeness (QED) is 0.780. The first kappa shape index (κ1) is 14.1. The van der Waals surface area contributed by atoms with Crippen LogP contribution in [0, 0.1) is 12.7 Å². The fourth-order valence-electron chi connectivity index (χ4n) is 2.81. The first-order chi connectivity index (χ1) is 11.2. The van der Waals surface area contributed by atoms with Crippen LogP contribution in [0.1, 0.15) is 5.56 Å². The molecule has 1 N–H and O–H groups in total. The van der Waals surface area contributed by atoms with Crippen LogP contribution in [0.5, 0.6) is 0 Å². The lowest BCUT2D eigenvalue weighted by Gasteiger charge is -2.28. The van der Waals surface area contributed by atoms with Crippen molar-refractivity contribution in [3.8, 4) is 5.69 Å². The van der Waals surface area contributed by atoms with Crippen molar-refractivity contribution in [3.63, 3.8) is 0 Å². The lowest BCUT2D eigenvalue weighted by atomic mass is 10.2. The molecule has 1 fully saturated rings. The van der Waals surface area contributed by atoms with Crippen LogP contribution in [0.2, 0.25) is 0 Å². The van der Waals surface area contributed by atoms with Crippen LogP contribution in [0.15, 0.2) is 30.7 Å². The lowest BCUT2D eigenvalue weighted by molar-refractivity contribution is 0.586. The summed E-state index contributed by atoms with van der Waals surface area (Å²) in [5.74, 6) is 0.644. The van der Waals surface area contributed by atoms with E-state index in [1.54, 1.807) is 17.7 Å². The van der Waals surface area contributed by atoms with Crippen LogP contribution in [0.25, 0.3) is 16.7 Å². The van der Waals surface area contributed by atoms with Gasteiger partial charge in [-0.05, 0) is 24.6 Å². The zero-order chi connectivity index (χ0) is 15.8. The Morgan fingerprint density at radius 2 is 2.00 bits per heavy atom. The molecule has 7 heteroatoms. The Morgan fingerprint density at radius 3 is 2.78 bits per heavy atom. The summed E-state index contributed by atoms with van der Waals surface area (Å²) in [6.45, 7) is 5.41. The number of piperazine rings is 1. The van der Waals surface area contributed by atoms with Crippen molar-refractivity contribution >= 4 is 16.9 Å². The molecule has 0 radical (unpaired) electrons. The van der Waals surface area contributed by atoms with Crippen LogP contribution < -0.4 is 10.2 Å². The second kappa shape index (κ2) is 5.58. The summed E-state index contributed by atoms with van der Waals surface area (Å²) in [7, 11) is 0. The molecule has 23 heavy (non-hydrogen) atoms. The predicted octanol–water partition coefficient (Wildman–Crippen LogP) is 1.67. The fourth-order valence-corrected chi connectivity index (χ4v) is 2.81. The smallest absolute Gasteiger partial charge is 0.186 e. The van der Waals surface area contributed by atoms with Crippen LogP contribution in [-0.4, -0.2) is 45.9 Å². The van der Waals surface area contributed by atoms with E-state index in [-0.39, 0.29) is 5.82 Å². The minimum Gasteiger partial charge on any atom is -0.353 e. The fraction of sp³-hybridized carbons (Fsp3) is 0.312. The zero-order valence-electron chi connectivity index (χ0n) is 12.8. The second-order valence-corrected chi connectivity index (χ2v) is 5.68. The van der Waals surface area contributed by atoms with E-state index in [1.807, 2.05) is 12.3 Å². The van der Waals surface area contributed by atoms with Crippen molar-refractivity contribution in [1.82, 2.24) is 25.1 Å². The van der Waals surface area contributed by atoms with Gasteiger partial charge >= 0.3 is 0 Å². The molecule has 3 aromatic rings. The molecule has 3 heterocycles. The number of aryl methyl sites for hydroxylation is 1. The number of halogens is 1. The van der Waals surface area contributed by atoms with Gasteiger partial charge in [0.25, 0.3) is 0 Å². The Bertz CT molecular complexity index is 853. The van der Waals surface area contributed by atoms with Gasteiger partial charge in [0, 0.05) is 32.4 Å². The first-order valence-corrected chi connectivity index (χ1v) is 7.65. The first-order valence-electron chi connectivity index (χ1n) is 7.65. The van der Waals surface area contributed by atoms with Gasteiger partial charge < -0.3 is 10.2 Å². The highest BCUT2D eigenvalue weighted by molar-refractivity contribution is 5.86. The van der Waals surface area contributed by atoms with Gasteiger partial charge in [-0.15, -0.1) is 5.10 Å². The maximum Gasteiger partial charge on any atom is 0.186 e. The topological polar surface area (TPSA) is 58.9 Å². The molecule has 0 spiro atoms. The number of hydrogen-bond acceptors (Lipinski definition) is 5. The van der Waals surface area contributed by atoms with Crippen LogP contribution in [0.3, 0.4) is 0 Å². The van der Waals surface area contributed by atoms with Gasteiger partial charge in [0.05, 0.1) is 11.1 Å². The molecule has 0 atom stereocenters. The third kappa shape index (κ3) is 2.53. The molecule has 0 unspecified atom stereocenters. The zero-order valence-corrected chi connectivity index (χ0v) is 12.8. The van der Waals surface area contributed by atoms with E-state index in [1.165, 1.54) is 12.4 Å². The van der Waals surface area contributed by atoms with E-state index < -0.39 is 0 Å². The Hall–Kier alpha value is -2.54. The van der Waals surface area contributed by atoms with Crippen LogP contribution in [0.4, 0.5) is 10.2 Å². The van der Waals surface area contributed by atoms with E-state index in [2.05, 4.69) is 25.3 Å². The molecule has 1 aromatic carbocycles. The standard InChI is InChI=1S/C16H17FN6/c1-11-2-3-12(8-14(11)17)23-9-13-15(21-23)19-10-20-16(13)22-6-4-18-5-7-22/h2-3,8-10,18H,4-7H2,1H3. The molecular formula is C16H17FN6. The summed E-state index contributed by atoms with van der Waals surface area (Å²) in [6.07, 6.45) is 3.41. The lowest BCUT2D eigenvalue weighted by Crippen LogP contribution is -2.43. The molecule has 1 aliphatic heterocycles. The van der Waals surface area contributed by atoms with Gasteiger partial charge in [-0.1, -0.05) is 6.07 Å². The van der Waals surface area contributed by atoms with Gasteiger partial charge in [-0.25, -0.2) is 19.0 Å². The third-order valence-electron chi connectivity index (χ3n) is 4.13. The molecule has 1 saturated heterocycles. The van der Waals surface area contributed by atoms with Gasteiger partial charge in [0.1, 0.15) is 18.0 Å². The van der Waals surface area contributed by atoms with Crippen LogP contribution >= 0.6 is 0 Å². The predicted molar refractivity (Wildman–Crippen MR) is 86.4 cm³/mol. The summed E-state index contributed by atoms with van der Waals surface area (Å²) in [4.78, 5) is 10.9. The van der Waals surface area contributed by atoms with E-state index in [4.69, 9.17) is 0 Å². The highest BCUT2D eigenvalue weighted by atomic mass is 19.1. The number of fused-ring (bicyclic) bond motifs is 1. The van der Waals surface area contributed by atoms with Crippen molar-refractivity contribution in [2.45, 2.75) is 6.92 Å². The summed E-state index contributed by atoms with van der Waals surface area (Å²) in [6, 6.07) is 5.08. The van der Waals surface area contributed by atoms with E-state index in [0.29, 0.717) is 16.9 Å². The Kier molecular flexibility index (Phi) is 3.42. The third-order valence-corrected chi connectivity index (χ3v) is 4.13. The molecule has 4 rings (SSSR count). The van der Waals surface area contributed by atoms with Crippen molar-refractivity contribution in [2.24, 2.45) is 0 Å². The van der Waals surface area contributed by atoms with Gasteiger partial charge in [-0.3, -0.25) is 0 Å². The highest BCUT2D eigenvalue weighted by Gasteiger charge is 2.17. The summed E-state index contributed by atoms with van der Waals surface area (Å²) in [5, 5.41) is 8.68. The normalized spacial score (nSPS) is 15.3. The number of nitrogens with one attached hydrogen (secondary N) is 1. The Labute approximate surface area is 133 Å². The average molecular weight is 312 g/mol. The van der Waals surface area contributed by atoms with E-state index >= 15 is 0 Å². The highest BCUT2D eigenvalue weighted by Crippen LogP contribution is 2.24. The molecule has 0 saturated carbocycles. The molecule has 1 aliphatic rings. The molecule has 6 nitrogen and oxygen atoms in total. The number of rotatable bonds is 2. The van der Waals surface area contributed by atoms with Gasteiger partial charge in [0.15, 0.2) is 5.65 Å². The molecule has 2 aromatic heterocycles. The second-order valence-electron chi connectivity index (χ2n) is 5.68. The number of hydrogen-bond donors (Lipinski definition) is 1. The summed E-state index contributed by atoms with van der Waals surface area (Å²) in [5.41, 5.74) is 1.92. The summed E-state index contributed by atoms with van der Waals surface area (Å²) < 4.78 is 15.5. The van der Waals surface area contributed by atoms with Crippen molar-refractivity contribution in [3.05, 3.63) is 42.1 Å². The number of anilines is 1. The minimum absolute atomic E-state index is 0.240. The van der Waals surface area contributed by atoms with Gasteiger partial charge in [-0.2, -0.15) is 0 Å². The molecule has 0 bridgehead atoms. The Balaban J connectivity index is 1.79. The van der Waals surface area contributed by atoms with Crippen LogP contribution in [-0.2, 0) is 0 Å². The number of aromatic nitrogens is 4. The van der Waals surface area contributed by atoms with Gasteiger partial charge in [0.2, 0.25) is 0 Å². The largest absolute Gasteiger partial charge is 0.353 e. The average Bonchev–Trinajstić information content (AvgIpc) is 3.02. The number of benzene rings is 1. The van der Waals surface area contributed by atoms with Crippen molar-refractivity contribution in [2.75, 3.05) is 31.1 Å².